The molecular weight excluding hydrogens is 234 g/mol. The Morgan fingerprint density at radius 3 is 2.28 bits per heavy atom. The van der Waals surface area contributed by atoms with Gasteiger partial charge in [-0.2, -0.15) is 0 Å². The van der Waals surface area contributed by atoms with Crippen molar-refractivity contribution >= 4 is 12.1 Å². The predicted octanol–water partition coefficient (Wildman–Crippen LogP) is 2.63. The molecule has 1 amide bonds. The van der Waals surface area contributed by atoms with Gasteiger partial charge in [0.25, 0.3) is 0 Å². The molecule has 0 aromatic heterocycles. The van der Waals surface area contributed by atoms with E-state index in [1.807, 2.05) is 20.8 Å². The number of rotatable bonds is 9. The first-order valence-electron chi connectivity index (χ1n) is 6.75. The Morgan fingerprint density at radius 2 is 1.72 bits per heavy atom. The van der Waals surface area contributed by atoms with Crippen LogP contribution in [0.2, 0.25) is 0 Å². The molecule has 5 nitrogen and oxygen atoms in total. The van der Waals surface area contributed by atoms with Gasteiger partial charge in [0.05, 0.1) is 13.2 Å². The molecule has 1 N–H and O–H groups in total. The van der Waals surface area contributed by atoms with Crippen LogP contribution in [-0.4, -0.2) is 31.3 Å². The highest BCUT2D eigenvalue weighted by atomic mass is 16.6. The molecular formula is C13H25NO4. The number of ether oxygens (including phenoxy) is 2. The van der Waals surface area contributed by atoms with Gasteiger partial charge in [-0.05, 0) is 19.3 Å². The van der Waals surface area contributed by atoms with Crippen molar-refractivity contribution in [3.05, 3.63) is 0 Å². The van der Waals surface area contributed by atoms with E-state index < -0.39 is 12.1 Å². The maximum atomic E-state index is 11.7. The summed E-state index contributed by atoms with van der Waals surface area (Å²) in [4.78, 5) is 23.1. The fourth-order valence-electron chi connectivity index (χ4n) is 1.33. The van der Waals surface area contributed by atoms with Gasteiger partial charge in [0.1, 0.15) is 6.04 Å². The molecule has 1 unspecified atom stereocenters. The fraction of sp³-hybridized carbons (Fsp3) is 0.846. The number of unbranched alkanes of at least 4 members (excludes halogenated alkanes) is 1. The number of amides is 1. The van der Waals surface area contributed by atoms with Crippen LogP contribution < -0.4 is 5.32 Å². The fourth-order valence-corrected chi connectivity index (χ4v) is 1.33. The summed E-state index contributed by atoms with van der Waals surface area (Å²) in [5.41, 5.74) is 0. The van der Waals surface area contributed by atoms with Crippen molar-refractivity contribution in [1.82, 2.24) is 5.32 Å². The number of hydrogen-bond acceptors (Lipinski definition) is 4. The second-order valence-corrected chi connectivity index (χ2v) is 4.14. The average Bonchev–Trinajstić information content (AvgIpc) is 2.35. The van der Waals surface area contributed by atoms with Gasteiger partial charge in [-0.25, -0.2) is 9.59 Å². The van der Waals surface area contributed by atoms with Gasteiger partial charge in [-0.15, -0.1) is 0 Å². The Hall–Kier alpha value is -1.26. The Balaban J connectivity index is 4.08. The van der Waals surface area contributed by atoms with E-state index in [1.165, 1.54) is 0 Å². The van der Waals surface area contributed by atoms with Crippen LogP contribution in [0.4, 0.5) is 4.79 Å². The first-order valence-corrected chi connectivity index (χ1v) is 6.75. The van der Waals surface area contributed by atoms with Gasteiger partial charge >= 0.3 is 12.1 Å². The van der Waals surface area contributed by atoms with Gasteiger partial charge in [0, 0.05) is 0 Å². The van der Waals surface area contributed by atoms with Gasteiger partial charge in [0.2, 0.25) is 0 Å². The molecule has 0 aromatic rings. The van der Waals surface area contributed by atoms with E-state index in [2.05, 4.69) is 5.32 Å². The number of carbonyl (C=O) groups is 2. The molecule has 0 aliphatic heterocycles. The molecule has 106 valence electrons. The minimum atomic E-state index is -0.601. The third kappa shape index (κ3) is 7.92. The van der Waals surface area contributed by atoms with Crippen LogP contribution >= 0.6 is 0 Å². The lowest BCUT2D eigenvalue weighted by Crippen LogP contribution is -2.42. The van der Waals surface area contributed by atoms with E-state index in [0.29, 0.717) is 19.6 Å². The Morgan fingerprint density at radius 1 is 1.00 bits per heavy atom. The minimum Gasteiger partial charge on any atom is -0.464 e. The Kier molecular flexibility index (Phi) is 10.1. The first kappa shape index (κ1) is 16.7. The molecule has 0 aliphatic carbocycles. The largest absolute Gasteiger partial charge is 0.464 e. The molecule has 0 aliphatic rings. The SMILES string of the molecule is CCCCOC(=O)NC(CCC)C(=O)OCCC. The van der Waals surface area contributed by atoms with E-state index >= 15 is 0 Å². The van der Waals surface area contributed by atoms with Crippen molar-refractivity contribution in [2.75, 3.05) is 13.2 Å². The van der Waals surface area contributed by atoms with Crippen molar-refractivity contribution in [1.29, 1.82) is 0 Å². The molecule has 0 rings (SSSR count). The third-order valence-corrected chi connectivity index (χ3v) is 2.33. The van der Waals surface area contributed by atoms with Crippen molar-refractivity contribution in [3.63, 3.8) is 0 Å². The maximum absolute atomic E-state index is 11.7. The lowest BCUT2D eigenvalue weighted by Gasteiger charge is -2.16. The summed E-state index contributed by atoms with van der Waals surface area (Å²) in [5.74, 6) is -0.383. The number of hydrogen-bond donors (Lipinski definition) is 1. The quantitative estimate of drug-likeness (QED) is 0.510. The predicted molar refractivity (Wildman–Crippen MR) is 69.3 cm³/mol. The van der Waals surface area contributed by atoms with Gasteiger partial charge in [-0.1, -0.05) is 33.6 Å². The van der Waals surface area contributed by atoms with Crippen LogP contribution in [0.15, 0.2) is 0 Å². The lowest BCUT2D eigenvalue weighted by molar-refractivity contribution is -0.146. The van der Waals surface area contributed by atoms with Crippen molar-refractivity contribution in [2.24, 2.45) is 0 Å². The van der Waals surface area contributed by atoms with Crippen LogP contribution in [0.3, 0.4) is 0 Å². The topological polar surface area (TPSA) is 64.6 Å². The second kappa shape index (κ2) is 10.9. The summed E-state index contributed by atoms with van der Waals surface area (Å²) in [6.07, 6.45) is 3.37. The standard InChI is InChI=1S/C13H25NO4/c1-4-7-10-18-13(16)14-11(8-5-2)12(15)17-9-6-3/h11H,4-10H2,1-3H3,(H,14,16). The van der Waals surface area contributed by atoms with Gasteiger partial charge < -0.3 is 14.8 Å². The van der Waals surface area contributed by atoms with Crippen LogP contribution in [0.5, 0.6) is 0 Å². The number of carbonyl (C=O) groups excluding carboxylic acids is 2. The molecule has 18 heavy (non-hydrogen) atoms. The Bertz CT molecular complexity index is 243. The summed E-state index contributed by atoms with van der Waals surface area (Å²) < 4.78 is 9.98. The van der Waals surface area contributed by atoms with Crippen LogP contribution in [-0.2, 0) is 14.3 Å². The van der Waals surface area contributed by atoms with E-state index in [1.54, 1.807) is 0 Å². The number of alkyl carbamates (subject to hydrolysis) is 1. The van der Waals surface area contributed by atoms with Crippen LogP contribution in [0.25, 0.3) is 0 Å². The molecule has 0 radical (unpaired) electrons. The second-order valence-electron chi connectivity index (χ2n) is 4.14. The molecule has 0 heterocycles. The first-order chi connectivity index (χ1) is 8.65. The number of nitrogens with one attached hydrogen (secondary N) is 1. The molecule has 0 aromatic carbocycles. The van der Waals surface area contributed by atoms with Crippen molar-refractivity contribution in [3.8, 4) is 0 Å². The summed E-state index contributed by atoms with van der Waals surface area (Å²) in [7, 11) is 0. The van der Waals surface area contributed by atoms with E-state index in [0.717, 1.165) is 25.7 Å². The zero-order valence-electron chi connectivity index (χ0n) is 11.7. The summed E-state index contributed by atoms with van der Waals surface area (Å²) in [6, 6.07) is -0.601. The number of esters is 1. The Labute approximate surface area is 109 Å². The normalized spacial score (nSPS) is 11.7. The lowest BCUT2D eigenvalue weighted by atomic mass is 10.2. The average molecular weight is 259 g/mol. The van der Waals surface area contributed by atoms with Crippen molar-refractivity contribution in [2.45, 2.75) is 58.9 Å². The molecule has 0 fully saturated rings. The van der Waals surface area contributed by atoms with Gasteiger partial charge in [-0.3, -0.25) is 0 Å². The van der Waals surface area contributed by atoms with E-state index in [-0.39, 0.29) is 5.97 Å². The smallest absolute Gasteiger partial charge is 0.407 e. The van der Waals surface area contributed by atoms with Crippen molar-refractivity contribution < 1.29 is 19.1 Å². The van der Waals surface area contributed by atoms with E-state index in [9.17, 15) is 9.59 Å². The van der Waals surface area contributed by atoms with E-state index in [4.69, 9.17) is 9.47 Å². The van der Waals surface area contributed by atoms with Crippen LogP contribution in [0, 0.1) is 0 Å². The molecule has 1 atom stereocenters. The molecule has 0 saturated carbocycles. The highest BCUT2D eigenvalue weighted by molar-refractivity contribution is 5.81. The molecule has 0 bridgehead atoms. The maximum Gasteiger partial charge on any atom is 0.407 e. The molecule has 5 heteroatoms. The highest BCUT2D eigenvalue weighted by Crippen LogP contribution is 2.01. The van der Waals surface area contributed by atoms with Crippen LogP contribution in [0.1, 0.15) is 52.9 Å². The summed E-state index contributed by atoms with van der Waals surface area (Å²) in [5, 5.41) is 2.55. The highest BCUT2D eigenvalue weighted by Gasteiger charge is 2.21. The summed E-state index contributed by atoms with van der Waals surface area (Å²) in [6.45, 7) is 6.65. The zero-order valence-corrected chi connectivity index (χ0v) is 11.7. The zero-order chi connectivity index (χ0) is 13.8. The third-order valence-electron chi connectivity index (χ3n) is 2.33. The summed E-state index contributed by atoms with van der Waals surface area (Å²) >= 11 is 0. The minimum absolute atomic E-state index is 0.380. The molecule has 0 saturated heterocycles. The monoisotopic (exact) mass is 259 g/mol. The van der Waals surface area contributed by atoms with Gasteiger partial charge in [0.15, 0.2) is 0 Å². The molecule has 0 spiro atoms.